The molecule has 13 heteroatoms. The molecular formula is C14H22N4O8S. The summed E-state index contributed by atoms with van der Waals surface area (Å²) in [6, 6.07) is -2.47. The average Bonchev–Trinajstić information content (AvgIpc) is 3.08. The molecule has 0 aromatic carbocycles. The van der Waals surface area contributed by atoms with Crippen LogP contribution in [-0.4, -0.2) is 78.9 Å². The van der Waals surface area contributed by atoms with E-state index in [4.69, 9.17) is 19.9 Å². The minimum absolute atomic E-state index is 0.0821. The van der Waals surface area contributed by atoms with Crippen LogP contribution in [0.1, 0.15) is 25.7 Å². The number of carbonyl (C=O) groups excluding carboxylic acids is 2. The molecule has 0 aromatic heterocycles. The first kappa shape index (κ1) is 18.8. The van der Waals surface area contributed by atoms with Gasteiger partial charge in [0.15, 0.2) is 0 Å². The summed E-state index contributed by atoms with van der Waals surface area (Å²) < 4.78 is 40.9. The number of nitrogens with two attached hydrogens (primary N) is 1. The van der Waals surface area contributed by atoms with Gasteiger partial charge < -0.3 is 15.4 Å². The molecule has 27 heavy (non-hydrogen) atoms. The highest BCUT2D eigenvalue weighted by Gasteiger charge is 2.63. The van der Waals surface area contributed by atoms with Gasteiger partial charge in [0.2, 0.25) is 0 Å². The molecule has 2 bridgehead atoms. The lowest BCUT2D eigenvalue weighted by molar-refractivity contribution is -0.194. The molecule has 3 heterocycles. The zero-order chi connectivity index (χ0) is 19.4. The smallest absolute Gasteiger partial charge is 0.380 e. The summed E-state index contributed by atoms with van der Waals surface area (Å²) >= 11 is 0. The molecule has 0 radical (unpaired) electrons. The number of hydroxylamine groups is 3. The quantitative estimate of drug-likeness (QED) is 0.366. The molecule has 3 amide bonds. The predicted molar refractivity (Wildman–Crippen MR) is 86.9 cm³/mol. The van der Waals surface area contributed by atoms with Gasteiger partial charge in [-0.2, -0.15) is 13.5 Å². The Bertz CT molecular complexity index is 741. The van der Waals surface area contributed by atoms with Crippen molar-refractivity contribution in [3.05, 3.63) is 0 Å². The van der Waals surface area contributed by atoms with Crippen LogP contribution in [-0.2, 0) is 29.1 Å². The second kappa shape index (κ2) is 6.53. The van der Waals surface area contributed by atoms with Crippen LogP contribution in [0.2, 0.25) is 0 Å². The van der Waals surface area contributed by atoms with Gasteiger partial charge in [-0.15, -0.1) is 4.28 Å². The fourth-order valence-corrected chi connectivity index (χ4v) is 4.70. The van der Waals surface area contributed by atoms with Crippen molar-refractivity contribution in [2.45, 2.75) is 49.9 Å². The summed E-state index contributed by atoms with van der Waals surface area (Å²) in [4.78, 5) is 31.9. The summed E-state index contributed by atoms with van der Waals surface area (Å²) in [6.45, 7) is 0.587. The van der Waals surface area contributed by atoms with Gasteiger partial charge in [0.1, 0.15) is 12.1 Å². The molecular weight excluding hydrogens is 384 g/mol. The van der Waals surface area contributed by atoms with E-state index < -0.39 is 39.8 Å². The lowest BCUT2D eigenvalue weighted by atomic mass is 9.71. The monoisotopic (exact) mass is 406 g/mol. The van der Waals surface area contributed by atoms with E-state index in [1.165, 1.54) is 4.90 Å². The lowest BCUT2D eigenvalue weighted by Gasteiger charge is -2.50. The van der Waals surface area contributed by atoms with Crippen LogP contribution in [0, 0.1) is 5.41 Å². The van der Waals surface area contributed by atoms with Gasteiger partial charge >= 0.3 is 16.4 Å². The van der Waals surface area contributed by atoms with Crippen molar-refractivity contribution in [1.29, 1.82) is 0 Å². The van der Waals surface area contributed by atoms with Gasteiger partial charge in [0, 0.05) is 18.0 Å². The van der Waals surface area contributed by atoms with Crippen molar-refractivity contribution in [2.24, 2.45) is 11.1 Å². The molecule has 4 rings (SSSR count). The largest absolute Gasteiger partial charge is 0.418 e. The number of hydrogen-bond donors (Lipinski definition) is 3. The minimum Gasteiger partial charge on any atom is -0.380 e. The Hall–Kier alpha value is -1.51. The van der Waals surface area contributed by atoms with Crippen LogP contribution < -0.4 is 11.2 Å². The second-order valence-corrected chi connectivity index (χ2v) is 8.58. The highest BCUT2D eigenvalue weighted by molar-refractivity contribution is 7.80. The third kappa shape index (κ3) is 3.28. The molecule has 1 aliphatic carbocycles. The zero-order valence-corrected chi connectivity index (χ0v) is 15.3. The number of rotatable bonds is 5. The van der Waals surface area contributed by atoms with E-state index in [9.17, 15) is 18.0 Å². The maximum atomic E-state index is 12.7. The van der Waals surface area contributed by atoms with E-state index in [0.29, 0.717) is 5.06 Å². The van der Waals surface area contributed by atoms with Crippen molar-refractivity contribution < 1.29 is 36.4 Å². The average molecular weight is 406 g/mol. The van der Waals surface area contributed by atoms with Crippen LogP contribution in [0.5, 0.6) is 0 Å². The van der Waals surface area contributed by atoms with E-state index in [0.717, 1.165) is 19.3 Å². The number of amides is 3. The van der Waals surface area contributed by atoms with Gasteiger partial charge in [0.05, 0.1) is 19.3 Å². The van der Waals surface area contributed by atoms with Crippen molar-refractivity contribution in [3.8, 4) is 0 Å². The maximum absolute atomic E-state index is 12.7. The molecule has 4 unspecified atom stereocenters. The van der Waals surface area contributed by atoms with Gasteiger partial charge in [-0.05, 0) is 25.7 Å². The maximum Gasteiger partial charge on any atom is 0.418 e. The first-order valence-electron chi connectivity index (χ1n) is 8.76. The fraction of sp³-hybridized carbons (Fsp3) is 0.857. The van der Waals surface area contributed by atoms with E-state index >= 15 is 0 Å². The molecule has 12 nitrogen and oxygen atoms in total. The molecule has 4 N–H and O–H groups in total. The van der Waals surface area contributed by atoms with Crippen LogP contribution in [0.25, 0.3) is 0 Å². The minimum atomic E-state index is -4.88. The number of fused-ring (bicyclic) bond motifs is 3. The van der Waals surface area contributed by atoms with Gasteiger partial charge in [0.25, 0.3) is 5.91 Å². The standard InChI is InChI=1S/C14H22N4O8S/c15-8-2-1-3-10(8)25-16-12(19)9-4-14(6-24-7-14)11-5-17(9)13(20)18(11)26-27(21,22)23/h8-11H,1-7,15H2,(H,16,19)(H,21,22,23). The molecule has 0 aromatic rings. The number of carbonyl (C=O) groups is 2. The van der Waals surface area contributed by atoms with Crippen LogP contribution in [0.15, 0.2) is 0 Å². The lowest BCUT2D eigenvalue weighted by Crippen LogP contribution is -2.63. The van der Waals surface area contributed by atoms with E-state index in [1.807, 2.05) is 0 Å². The summed E-state index contributed by atoms with van der Waals surface area (Å²) in [5, 5.41) is 0.624. The Balaban J connectivity index is 1.49. The number of urea groups is 1. The van der Waals surface area contributed by atoms with Gasteiger partial charge in [-0.3, -0.25) is 14.2 Å². The molecule has 4 fully saturated rings. The Morgan fingerprint density at radius 3 is 2.67 bits per heavy atom. The first-order valence-corrected chi connectivity index (χ1v) is 10.1. The van der Waals surface area contributed by atoms with Crippen molar-refractivity contribution >= 4 is 22.3 Å². The number of hydrogen-bond acceptors (Lipinski definition) is 8. The topological polar surface area (TPSA) is 161 Å². The summed E-state index contributed by atoms with van der Waals surface area (Å²) in [6.07, 6.45) is 2.46. The number of ether oxygens (including phenoxy) is 1. The van der Waals surface area contributed by atoms with E-state index in [1.54, 1.807) is 0 Å². The Kier molecular flexibility index (Phi) is 4.56. The fourth-order valence-electron chi connectivity index (χ4n) is 4.33. The normalized spacial score (nSPS) is 34.8. The zero-order valence-electron chi connectivity index (χ0n) is 14.4. The third-order valence-electron chi connectivity index (χ3n) is 5.84. The van der Waals surface area contributed by atoms with Crippen LogP contribution in [0.4, 0.5) is 4.79 Å². The number of nitrogens with zero attached hydrogens (tertiary/aromatic N) is 2. The van der Waals surface area contributed by atoms with Crippen LogP contribution in [0.3, 0.4) is 0 Å². The highest BCUT2D eigenvalue weighted by atomic mass is 32.3. The summed E-state index contributed by atoms with van der Waals surface area (Å²) in [5.74, 6) is -0.513. The molecule has 4 aliphatic rings. The van der Waals surface area contributed by atoms with Crippen molar-refractivity contribution in [1.82, 2.24) is 15.4 Å². The summed E-state index contributed by atoms with van der Waals surface area (Å²) in [7, 11) is -4.88. The SMILES string of the molecule is NC1CCCC1ONC(=O)C1CC2(COC2)C2CN1C(=O)N2OS(=O)(=O)O. The molecule has 152 valence electrons. The molecule has 4 atom stereocenters. The first-order chi connectivity index (χ1) is 12.7. The van der Waals surface area contributed by atoms with Crippen LogP contribution >= 0.6 is 0 Å². The molecule has 3 saturated heterocycles. The van der Waals surface area contributed by atoms with E-state index in [2.05, 4.69) is 9.76 Å². The number of nitrogens with one attached hydrogen (secondary N) is 1. The Labute approximate surface area is 155 Å². The summed E-state index contributed by atoms with van der Waals surface area (Å²) in [5.41, 5.74) is 7.69. The Morgan fingerprint density at radius 2 is 2.11 bits per heavy atom. The van der Waals surface area contributed by atoms with Crippen molar-refractivity contribution in [3.63, 3.8) is 0 Å². The van der Waals surface area contributed by atoms with Crippen molar-refractivity contribution in [2.75, 3.05) is 19.8 Å². The van der Waals surface area contributed by atoms with E-state index in [-0.39, 0.29) is 38.3 Å². The second-order valence-electron chi connectivity index (χ2n) is 7.57. The van der Waals surface area contributed by atoms with Gasteiger partial charge in [-0.1, -0.05) is 0 Å². The predicted octanol–water partition coefficient (Wildman–Crippen LogP) is -1.46. The highest BCUT2D eigenvalue weighted by Crippen LogP contribution is 2.47. The third-order valence-corrected chi connectivity index (χ3v) is 6.19. The molecule has 3 aliphatic heterocycles. The van der Waals surface area contributed by atoms with Gasteiger partial charge in [-0.25, -0.2) is 10.3 Å². The molecule has 1 spiro atoms. The Morgan fingerprint density at radius 1 is 1.37 bits per heavy atom. The number of piperidine rings is 1. The molecule has 1 saturated carbocycles.